The molecule has 0 radical (unpaired) electrons. The Bertz CT molecular complexity index is 1160. The van der Waals surface area contributed by atoms with Crippen molar-refractivity contribution >= 4 is 46.5 Å². The van der Waals surface area contributed by atoms with Gasteiger partial charge in [0.25, 0.3) is 11.8 Å². The molecule has 0 bridgehead atoms. The second kappa shape index (κ2) is 11.0. The van der Waals surface area contributed by atoms with Crippen molar-refractivity contribution in [2.75, 3.05) is 23.9 Å². The third kappa shape index (κ3) is 6.02. The lowest BCUT2D eigenvalue weighted by Gasteiger charge is -2.21. The Balaban J connectivity index is 1.62. The summed E-state index contributed by atoms with van der Waals surface area (Å²) in [6.07, 6.45) is 0. The maximum Gasteiger partial charge on any atom is 0.337 e. The van der Waals surface area contributed by atoms with Crippen LogP contribution >= 0.6 is 12.2 Å². The number of thiocarbonyl (C=S) groups is 1. The number of ether oxygens (including phenoxy) is 1. The summed E-state index contributed by atoms with van der Waals surface area (Å²) >= 11 is 5.22. The monoisotopic (exact) mass is 461 g/mol. The van der Waals surface area contributed by atoms with Crippen LogP contribution < -0.4 is 15.5 Å². The number of benzene rings is 3. The van der Waals surface area contributed by atoms with E-state index >= 15 is 0 Å². The second-order valence-electron chi connectivity index (χ2n) is 6.94. The average Bonchev–Trinajstić information content (AvgIpc) is 2.85. The van der Waals surface area contributed by atoms with Crippen molar-refractivity contribution in [3.63, 3.8) is 0 Å². The van der Waals surface area contributed by atoms with Gasteiger partial charge in [0.1, 0.15) is 0 Å². The lowest BCUT2D eigenvalue weighted by Crippen LogP contribution is -2.34. The first-order valence-corrected chi connectivity index (χ1v) is 10.6. The van der Waals surface area contributed by atoms with Crippen molar-refractivity contribution in [2.45, 2.75) is 6.92 Å². The molecule has 0 saturated heterocycles. The van der Waals surface area contributed by atoms with Gasteiger partial charge in [-0.3, -0.25) is 14.9 Å². The number of amides is 2. The normalized spacial score (nSPS) is 10.1. The molecule has 0 aliphatic carbocycles. The number of anilines is 2. The summed E-state index contributed by atoms with van der Waals surface area (Å²) in [5.74, 6) is -1.11. The van der Waals surface area contributed by atoms with Crippen molar-refractivity contribution in [1.82, 2.24) is 5.32 Å². The first-order chi connectivity index (χ1) is 15.9. The number of hydrogen-bond donors (Lipinski definition) is 2. The Hall–Kier alpha value is -4.04. The number of rotatable bonds is 6. The molecule has 0 heterocycles. The van der Waals surface area contributed by atoms with E-state index in [-0.39, 0.29) is 22.1 Å². The minimum atomic E-state index is -0.533. The van der Waals surface area contributed by atoms with E-state index in [1.165, 1.54) is 13.2 Å². The Morgan fingerprint density at radius 3 is 2.18 bits per heavy atom. The summed E-state index contributed by atoms with van der Waals surface area (Å²) < 4.78 is 4.67. The lowest BCUT2D eigenvalue weighted by molar-refractivity contribution is 0.0600. The molecule has 0 aliphatic rings. The van der Waals surface area contributed by atoms with Crippen LogP contribution in [-0.4, -0.2) is 36.6 Å². The van der Waals surface area contributed by atoms with Crippen LogP contribution in [-0.2, 0) is 4.74 Å². The maximum absolute atomic E-state index is 12.9. The third-order valence-corrected chi connectivity index (χ3v) is 5.00. The molecule has 0 atom stereocenters. The SMILES string of the molecule is CCN(C(=O)c1ccc(NC(=S)NC(=O)c2cccc(C(=O)OC)c2)cc1)c1ccccc1. The zero-order chi connectivity index (χ0) is 23.8. The molecule has 7 nitrogen and oxygen atoms in total. The fraction of sp³-hybridized carbons (Fsp3) is 0.120. The van der Waals surface area contributed by atoms with Gasteiger partial charge in [-0.15, -0.1) is 0 Å². The molecule has 0 aliphatic heterocycles. The Labute approximate surface area is 197 Å². The molecule has 33 heavy (non-hydrogen) atoms. The van der Waals surface area contributed by atoms with Gasteiger partial charge in [-0.05, 0) is 73.7 Å². The van der Waals surface area contributed by atoms with Crippen LogP contribution in [0.25, 0.3) is 0 Å². The Morgan fingerprint density at radius 2 is 1.55 bits per heavy atom. The standard InChI is InChI=1S/C25H23N3O4S/c1-3-28(21-10-5-4-6-11-21)23(30)17-12-14-20(15-13-17)26-25(33)27-22(29)18-8-7-9-19(16-18)24(31)32-2/h4-16H,3H2,1-2H3,(H2,26,27,29,33). The summed E-state index contributed by atoms with van der Waals surface area (Å²) in [6.45, 7) is 2.46. The fourth-order valence-electron chi connectivity index (χ4n) is 3.15. The predicted molar refractivity (Wildman–Crippen MR) is 132 cm³/mol. The molecule has 168 valence electrons. The molecule has 0 spiro atoms. The number of nitrogens with one attached hydrogen (secondary N) is 2. The summed E-state index contributed by atoms with van der Waals surface area (Å²) in [4.78, 5) is 38.7. The van der Waals surface area contributed by atoms with E-state index in [2.05, 4.69) is 15.4 Å². The van der Waals surface area contributed by atoms with Crippen molar-refractivity contribution < 1.29 is 19.1 Å². The summed E-state index contributed by atoms with van der Waals surface area (Å²) in [5.41, 5.74) is 2.50. The van der Waals surface area contributed by atoms with Crippen LogP contribution in [0.2, 0.25) is 0 Å². The molecule has 2 N–H and O–H groups in total. The zero-order valence-electron chi connectivity index (χ0n) is 18.2. The van der Waals surface area contributed by atoms with Crippen LogP contribution in [0.5, 0.6) is 0 Å². The van der Waals surface area contributed by atoms with E-state index in [0.717, 1.165) is 5.69 Å². The average molecular weight is 462 g/mol. The molecule has 8 heteroatoms. The van der Waals surface area contributed by atoms with Gasteiger partial charge in [0.05, 0.1) is 12.7 Å². The highest BCUT2D eigenvalue weighted by atomic mass is 32.1. The lowest BCUT2D eigenvalue weighted by atomic mass is 10.1. The number of hydrogen-bond acceptors (Lipinski definition) is 5. The van der Waals surface area contributed by atoms with Gasteiger partial charge in [0.15, 0.2) is 5.11 Å². The molecule has 0 unspecified atom stereocenters. The number of carbonyl (C=O) groups excluding carboxylic acids is 3. The molecular weight excluding hydrogens is 438 g/mol. The number of nitrogens with zero attached hydrogens (tertiary/aromatic N) is 1. The van der Waals surface area contributed by atoms with Crippen LogP contribution in [0.1, 0.15) is 38.0 Å². The van der Waals surface area contributed by atoms with Gasteiger partial charge in [0.2, 0.25) is 0 Å². The van der Waals surface area contributed by atoms with Gasteiger partial charge < -0.3 is 15.0 Å². The minimum absolute atomic E-state index is 0.0852. The first kappa shape index (κ1) is 23.6. The fourth-order valence-corrected chi connectivity index (χ4v) is 3.36. The minimum Gasteiger partial charge on any atom is -0.465 e. The van der Waals surface area contributed by atoms with E-state index in [1.54, 1.807) is 47.4 Å². The molecule has 0 fully saturated rings. The Morgan fingerprint density at radius 1 is 0.879 bits per heavy atom. The molecule has 3 rings (SSSR count). The van der Waals surface area contributed by atoms with Gasteiger partial charge >= 0.3 is 5.97 Å². The molecule has 0 aromatic heterocycles. The number of methoxy groups -OCH3 is 1. The molecule has 3 aromatic rings. The highest BCUT2D eigenvalue weighted by molar-refractivity contribution is 7.80. The predicted octanol–water partition coefficient (Wildman–Crippen LogP) is 4.27. The highest BCUT2D eigenvalue weighted by Gasteiger charge is 2.16. The second-order valence-corrected chi connectivity index (χ2v) is 7.35. The first-order valence-electron chi connectivity index (χ1n) is 10.2. The van der Waals surface area contributed by atoms with Crippen LogP contribution in [0.3, 0.4) is 0 Å². The summed E-state index contributed by atoms with van der Waals surface area (Å²) in [6, 6.07) is 22.4. The van der Waals surface area contributed by atoms with Gasteiger partial charge in [-0.25, -0.2) is 4.79 Å². The molecular formula is C25H23N3O4S. The number of esters is 1. The van der Waals surface area contributed by atoms with E-state index < -0.39 is 11.9 Å². The smallest absolute Gasteiger partial charge is 0.337 e. The van der Waals surface area contributed by atoms with Crippen molar-refractivity contribution in [1.29, 1.82) is 0 Å². The topological polar surface area (TPSA) is 87.7 Å². The van der Waals surface area contributed by atoms with Crippen LogP contribution in [0.15, 0.2) is 78.9 Å². The largest absolute Gasteiger partial charge is 0.465 e. The third-order valence-electron chi connectivity index (χ3n) is 4.79. The molecule has 0 saturated carbocycles. The van der Waals surface area contributed by atoms with Crippen molar-refractivity contribution in [2.24, 2.45) is 0 Å². The summed E-state index contributed by atoms with van der Waals surface area (Å²) in [5, 5.41) is 5.57. The molecule has 2 amide bonds. The van der Waals surface area contributed by atoms with Crippen LogP contribution in [0.4, 0.5) is 11.4 Å². The highest BCUT2D eigenvalue weighted by Crippen LogP contribution is 2.18. The van der Waals surface area contributed by atoms with Crippen molar-refractivity contribution in [3.8, 4) is 0 Å². The van der Waals surface area contributed by atoms with E-state index in [4.69, 9.17) is 12.2 Å². The maximum atomic E-state index is 12.9. The zero-order valence-corrected chi connectivity index (χ0v) is 19.0. The quantitative estimate of drug-likeness (QED) is 0.421. The van der Waals surface area contributed by atoms with Gasteiger partial charge in [0, 0.05) is 29.0 Å². The summed E-state index contributed by atoms with van der Waals surface area (Å²) in [7, 11) is 1.27. The number of para-hydroxylation sites is 1. The number of carbonyl (C=O) groups is 3. The van der Waals surface area contributed by atoms with E-state index in [1.807, 2.05) is 37.3 Å². The van der Waals surface area contributed by atoms with Gasteiger partial charge in [-0.1, -0.05) is 24.3 Å². The Kier molecular flexibility index (Phi) is 7.88. The van der Waals surface area contributed by atoms with Crippen LogP contribution in [0, 0.1) is 0 Å². The van der Waals surface area contributed by atoms with E-state index in [9.17, 15) is 14.4 Å². The van der Waals surface area contributed by atoms with Gasteiger partial charge in [-0.2, -0.15) is 0 Å². The van der Waals surface area contributed by atoms with E-state index in [0.29, 0.717) is 17.8 Å². The molecule has 3 aromatic carbocycles. The van der Waals surface area contributed by atoms with Crippen molar-refractivity contribution in [3.05, 3.63) is 95.6 Å².